The highest BCUT2D eigenvalue weighted by atomic mass is 16.3. The van der Waals surface area contributed by atoms with E-state index in [2.05, 4.69) is 9.97 Å². The molecule has 1 fully saturated rings. The number of fused-ring (bicyclic) bond motifs is 1. The molecule has 2 unspecified atom stereocenters. The molecule has 2 aromatic heterocycles. The van der Waals surface area contributed by atoms with Gasteiger partial charge in [0.05, 0.1) is 11.6 Å². The Morgan fingerprint density at radius 1 is 1.50 bits per heavy atom. The van der Waals surface area contributed by atoms with E-state index in [9.17, 15) is 9.90 Å². The van der Waals surface area contributed by atoms with Crippen molar-refractivity contribution in [2.75, 3.05) is 0 Å². The quantitative estimate of drug-likeness (QED) is 0.663. The normalized spacial score (nSPS) is 24.5. The third-order valence-electron chi connectivity index (χ3n) is 3.68. The second-order valence-corrected chi connectivity index (χ2v) is 5.16. The van der Waals surface area contributed by atoms with E-state index >= 15 is 0 Å². The highest BCUT2D eigenvalue weighted by molar-refractivity contribution is 6.32. The Balaban J connectivity index is 2.10. The van der Waals surface area contributed by atoms with Crippen molar-refractivity contribution in [2.45, 2.75) is 37.8 Å². The molecule has 3 rings (SSSR count). The van der Waals surface area contributed by atoms with E-state index in [4.69, 9.17) is 0 Å². The second kappa shape index (κ2) is 4.28. The molecule has 0 radical (unpaired) electrons. The zero-order valence-corrected chi connectivity index (χ0v) is 10.4. The van der Waals surface area contributed by atoms with Crippen LogP contribution in [0.25, 0.3) is 11.2 Å². The number of hydrogen-bond donors (Lipinski definition) is 2. The first-order valence-electron chi connectivity index (χ1n) is 6.40. The molecule has 94 valence electrons. The van der Waals surface area contributed by atoms with Gasteiger partial charge >= 0.3 is 5.69 Å². The van der Waals surface area contributed by atoms with Crippen LogP contribution in [0.5, 0.6) is 0 Å². The topological polar surface area (TPSA) is 70.9 Å². The Bertz CT molecular complexity index is 634. The predicted molar refractivity (Wildman–Crippen MR) is 72.0 cm³/mol. The molecular weight excluding hydrogens is 229 g/mol. The Hall–Kier alpha value is -1.56. The number of nitrogens with zero attached hydrogens (tertiary/aromatic N) is 2. The van der Waals surface area contributed by atoms with Gasteiger partial charge in [0.15, 0.2) is 5.65 Å². The van der Waals surface area contributed by atoms with Crippen molar-refractivity contribution < 1.29 is 5.11 Å². The summed E-state index contributed by atoms with van der Waals surface area (Å²) in [5, 5.41) is 9.74. The smallest absolute Gasteiger partial charge is 0.327 e. The zero-order chi connectivity index (χ0) is 12.7. The molecule has 0 aliphatic heterocycles. The van der Waals surface area contributed by atoms with Crippen LogP contribution in [0.2, 0.25) is 0 Å². The van der Waals surface area contributed by atoms with Crippen molar-refractivity contribution >= 4 is 24.5 Å². The van der Waals surface area contributed by atoms with Crippen LogP contribution >= 0.6 is 0 Å². The zero-order valence-electron chi connectivity index (χ0n) is 10.4. The van der Waals surface area contributed by atoms with Gasteiger partial charge in [-0.05, 0) is 31.7 Å². The summed E-state index contributed by atoms with van der Waals surface area (Å²) in [4.78, 5) is 19.2. The summed E-state index contributed by atoms with van der Waals surface area (Å²) in [5.74, 6) is 0. The highest BCUT2D eigenvalue weighted by Crippen LogP contribution is 2.28. The van der Waals surface area contributed by atoms with Crippen LogP contribution < -0.4 is 11.2 Å². The standard InChI is InChI=1S/C12H16BN3O2/c13-7-4-10-11(14-6-7)16(12(18)15-10)8-2-1-3-9(17)5-8/h4,6,8-9,17H,1-3,5,13H2,(H,15,18). The van der Waals surface area contributed by atoms with Gasteiger partial charge in [-0.3, -0.25) is 4.57 Å². The lowest BCUT2D eigenvalue weighted by Gasteiger charge is -2.26. The molecule has 0 spiro atoms. The number of rotatable bonds is 1. The molecular formula is C12H16BN3O2. The lowest BCUT2D eigenvalue weighted by atomic mass is 9.93. The summed E-state index contributed by atoms with van der Waals surface area (Å²) in [6.45, 7) is 0. The molecule has 1 aliphatic carbocycles. The predicted octanol–water partition coefficient (Wildman–Crippen LogP) is -0.541. The van der Waals surface area contributed by atoms with Gasteiger partial charge in [0, 0.05) is 12.2 Å². The first kappa shape index (κ1) is 11.5. The van der Waals surface area contributed by atoms with Gasteiger partial charge in [0.2, 0.25) is 0 Å². The monoisotopic (exact) mass is 245 g/mol. The molecule has 2 N–H and O–H groups in total. The number of aromatic nitrogens is 3. The van der Waals surface area contributed by atoms with Crippen LogP contribution in [0.1, 0.15) is 31.7 Å². The fraction of sp³-hybridized carbons (Fsp3) is 0.500. The minimum absolute atomic E-state index is 0.0604. The van der Waals surface area contributed by atoms with Crippen molar-refractivity contribution in [3.8, 4) is 0 Å². The molecule has 1 saturated carbocycles. The van der Waals surface area contributed by atoms with Crippen LogP contribution in [-0.4, -0.2) is 33.6 Å². The summed E-state index contributed by atoms with van der Waals surface area (Å²) < 4.78 is 1.71. The van der Waals surface area contributed by atoms with Crippen LogP contribution in [0, 0.1) is 0 Å². The Morgan fingerprint density at radius 3 is 3.11 bits per heavy atom. The molecule has 18 heavy (non-hydrogen) atoms. The van der Waals surface area contributed by atoms with Gasteiger partial charge in [0.1, 0.15) is 7.85 Å². The van der Waals surface area contributed by atoms with Crippen LogP contribution in [0.4, 0.5) is 0 Å². The Kier molecular flexibility index (Phi) is 2.74. The summed E-state index contributed by atoms with van der Waals surface area (Å²) in [6.07, 6.45) is 4.83. The van der Waals surface area contributed by atoms with Crippen LogP contribution in [0.3, 0.4) is 0 Å². The first-order chi connectivity index (χ1) is 8.65. The van der Waals surface area contributed by atoms with Gasteiger partial charge in [-0.1, -0.05) is 5.46 Å². The van der Waals surface area contributed by atoms with E-state index in [0.29, 0.717) is 12.1 Å². The molecule has 2 aromatic rings. The van der Waals surface area contributed by atoms with E-state index in [1.54, 1.807) is 10.8 Å². The third-order valence-corrected chi connectivity index (χ3v) is 3.68. The number of pyridine rings is 1. The number of H-pyrrole nitrogens is 1. The molecule has 2 atom stereocenters. The first-order valence-corrected chi connectivity index (χ1v) is 6.40. The van der Waals surface area contributed by atoms with Gasteiger partial charge < -0.3 is 10.1 Å². The number of aliphatic hydroxyl groups excluding tert-OH is 1. The molecule has 6 heteroatoms. The van der Waals surface area contributed by atoms with Gasteiger partial charge in [-0.2, -0.15) is 0 Å². The maximum Gasteiger partial charge on any atom is 0.327 e. The SMILES string of the molecule is Bc1cnc2c(c1)[nH]c(=O)n2C1CCCC(O)C1. The molecule has 0 amide bonds. The average Bonchev–Trinajstić information content (AvgIpc) is 2.64. The molecule has 0 bridgehead atoms. The van der Waals surface area contributed by atoms with Gasteiger partial charge in [-0.15, -0.1) is 0 Å². The number of nitrogens with one attached hydrogen (secondary N) is 1. The number of aliphatic hydroxyl groups is 1. The Labute approximate surface area is 105 Å². The third kappa shape index (κ3) is 1.86. The second-order valence-electron chi connectivity index (χ2n) is 5.16. The maximum atomic E-state index is 12.0. The number of hydrogen-bond acceptors (Lipinski definition) is 3. The minimum atomic E-state index is -0.300. The maximum absolute atomic E-state index is 12.0. The molecule has 0 saturated heterocycles. The average molecular weight is 245 g/mol. The van der Waals surface area contributed by atoms with Gasteiger partial charge in [0.25, 0.3) is 0 Å². The fourth-order valence-electron chi connectivity index (χ4n) is 2.83. The van der Waals surface area contributed by atoms with E-state index < -0.39 is 0 Å². The summed E-state index contributed by atoms with van der Waals surface area (Å²) in [5.41, 5.74) is 2.38. The minimum Gasteiger partial charge on any atom is -0.393 e. The molecule has 2 heterocycles. The summed E-state index contributed by atoms with van der Waals surface area (Å²) >= 11 is 0. The van der Waals surface area contributed by atoms with E-state index in [0.717, 1.165) is 30.2 Å². The van der Waals surface area contributed by atoms with Crippen molar-refractivity contribution in [3.05, 3.63) is 22.7 Å². The lowest BCUT2D eigenvalue weighted by Crippen LogP contribution is -2.29. The number of imidazole rings is 1. The van der Waals surface area contributed by atoms with Crippen LogP contribution in [0.15, 0.2) is 17.1 Å². The highest BCUT2D eigenvalue weighted by Gasteiger charge is 2.24. The lowest BCUT2D eigenvalue weighted by molar-refractivity contribution is 0.104. The van der Waals surface area contributed by atoms with Crippen molar-refractivity contribution in [3.63, 3.8) is 0 Å². The molecule has 0 aromatic carbocycles. The fourth-order valence-corrected chi connectivity index (χ4v) is 2.83. The van der Waals surface area contributed by atoms with Crippen molar-refractivity contribution in [2.24, 2.45) is 0 Å². The molecule has 1 aliphatic rings. The van der Waals surface area contributed by atoms with Gasteiger partial charge in [-0.25, -0.2) is 9.78 Å². The molecule has 5 nitrogen and oxygen atoms in total. The van der Waals surface area contributed by atoms with Crippen molar-refractivity contribution in [1.82, 2.24) is 14.5 Å². The number of aromatic amines is 1. The largest absolute Gasteiger partial charge is 0.393 e. The Morgan fingerprint density at radius 2 is 2.33 bits per heavy atom. The van der Waals surface area contributed by atoms with Crippen LogP contribution in [-0.2, 0) is 0 Å². The van der Waals surface area contributed by atoms with E-state index in [-0.39, 0.29) is 17.8 Å². The summed E-state index contributed by atoms with van der Waals surface area (Å²) in [6, 6.07) is 1.99. The van der Waals surface area contributed by atoms with E-state index in [1.165, 1.54) is 0 Å². The summed E-state index contributed by atoms with van der Waals surface area (Å²) in [7, 11) is 1.95. The van der Waals surface area contributed by atoms with Crippen molar-refractivity contribution in [1.29, 1.82) is 0 Å². The van der Waals surface area contributed by atoms with E-state index in [1.807, 2.05) is 13.9 Å².